The average molecular weight is 239 g/mol. The van der Waals surface area contributed by atoms with Gasteiger partial charge in [-0.1, -0.05) is 29.8 Å². The van der Waals surface area contributed by atoms with E-state index in [1.807, 2.05) is 31.2 Å². The van der Waals surface area contributed by atoms with Crippen molar-refractivity contribution < 1.29 is 9.90 Å². The number of hydrogen-bond acceptors (Lipinski definition) is 4. The summed E-state index contributed by atoms with van der Waals surface area (Å²) in [6.45, 7) is 2.00. The maximum atomic E-state index is 10.6. The Balaban J connectivity index is 2.13. The fourth-order valence-electron chi connectivity index (χ4n) is 1.39. The van der Waals surface area contributed by atoms with E-state index in [9.17, 15) is 9.90 Å². The normalized spacial score (nSPS) is 10.7. The Bertz CT molecular complexity index is 572. The minimum Gasteiger partial charge on any atom is -0.545 e. The first-order valence-electron chi connectivity index (χ1n) is 5.45. The van der Waals surface area contributed by atoms with E-state index in [0.717, 1.165) is 11.3 Å². The fourth-order valence-corrected chi connectivity index (χ4v) is 1.39. The molecule has 0 saturated carbocycles. The van der Waals surface area contributed by atoms with E-state index in [2.05, 4.69) is 10.2 Å². The van der Waals surface area contributed by atoms with Gasteiger partial charge in [0.2, 0.25) is 0 Å². The number of benzene rings is 2. The van der Waals surface area contributed by atoms with Crippen molar-refractivity contribution in [1.82, 2.24) is 0 Å². The molecule has 0 saturated heterocycles. The van der Waals surface area contributed by atoms with E-state index in [1.165, 1.54) is 12.1 Å². The van der Waals surface area contributed by atoms with E-state index < -0.39 is 5.97 Å². The molecular weight excluding hydrogens is 228 g/mol. The lowest BCUT2D eigenvalue weighted by molar-refractivity contribution is -0.255. The van der Waals surface area contributed by atoms with Gasteiger partial charge in [0.15, 0.2) is 0 Å². The molecule has 0 unspecified atom stereocenters. The molecule has 0 radical (unpaired) electrons. The highest BCUT2D eigenvalue weighted by atomic mass is 16.4. The summed E-state index contributed by atoms with van der Waals surface area (Å²) in [6.07, 6.45) is 0. The van der Waals surface area contributed by atoms with Gasteiger partial charge in [-0.2, -0.15) is 10.2 Å². The van der Waals surface area contributed by atoms with Gasteiger partial charge in [0.05, 0.1) is 17.3 Å². The maximum absolute atomic E-state index is 10.6. The fraction of sp³-hybridized carbons (Fsp3) is 0.0714. The van der Waals surface area contributed by atoms with Crippen molar-refractivity contribution in [2.45, 2.75) is 6.92 Å². The maximum Gasteiger partial charge on any atom is 0.0857 e. The van der Waals surface area contributed by atoms with Crippen LogP contribution < -0.4 is 5.11 Å². The zero-order valence-corrected chi connectivity index (χ0v) is 9.83. The molecule has 2 aromatic carbocycles. The second-order valence-electron chi connectivity index (χ2n) is 3.87. The molecular formula is C14H11N2O2-. The molecule has 4 nitrogen and oxygen atoms in total. The summed E-state index contributed by atoms with van der Waals surface area (Å²) in [5, 5.41) is 18.6. The highest BCUT2D eigenvalue weighted by Gasteiger charge is 1.94. The Morgan fingerprint density at radius 3 is 1.78 bits per heavy atom. The minimum atomic E-state index is -1.20. The Labute approximate surface area is 105 Å². The quantitative estimate of drug-likeness (QED) is 0.773. The second-order valence-corrected chi connectivity index (χ2v) is 3.87. The average Bonchev–Trinajstić information content (AvgIpc) is 2.38. The van der Waals surface area contributed by atoms with Crippen molar-refractivity contribution in [1.29, 1.82) is 0 Å². The van der Waals surface area contributed by atoms with Crippen LogP contribution in [0.4, 0.5) is 11.4 Å². The van der Waals surface area contributed by atoms with Crippen LogP contribution in [0.2, 0.25) is 0 Å². The van der Waals surface area contributed by atoms with E-state index in [-0.39, 0.29) is 5.56 Å². The predicted molar refractivity (Wildman–Crippen MR) is 66.1 cm³/mol. The molecule has 0 amide bonds. The van der Waals surface area contributed by atoms with Crippen molar-refractivity contribution in [3.8, 4) is 0 Å². The number of carbonyl (C=O) groups excluding carboxylic acids is 1. The molecule has 4 heteroatoms. The Kier molecular flexibility index (Phi) is 3.48. The van der Waals surface area contributed by atoms with Crippen LogP contribution in [0, 0.1) is 6.92 Å². The predicted octanol–water partition coefficient (Wildman–Crippen LogP) is 2.77. The lowest BCUT2D eigenvalue weighted by atomic mass is 10.2. The largest absolute Gasteiger partial charge is 0.545 e. The number of aromatic carboxylic acids is 1. The van der Waals surface area contributed by atoms with Crippen molar-refractivity contribution in [3.05, 3.63) is 59.7 Å². The first-order valence-corrected chi connectivity index (χ1v) is 5.45. The van der Waals surface area contributed by atoms with Gasteiger partial charge in [-0.05, 0) is 36.8 Å². The summed E-state index contributed by atoms with van der Waals surface area (Å²) >= 11 is 0. The first kappa shape index (κ1) is 12.0. The van der Waals surface area contributed by atoms with E-state index in [4.69, 9.17) is 0 Å². The van der Waals surface area contributed by atoms with Crippen molar-refractivity contribution in [3.63, 3.8) is 0 Å². The van der Waals surface area contributed by atoms with Gasteiger partial charge in [-0.25, -0.2) is 0 Å². The van der Waals surface area contributed by atoms with Crippen LogP contribution >= 0.6 is 0 Å². The molecule has 0 aliphatic heterocycles. The molecule has 0 spiro atoms. The molecule has 18 heavy (non-hydrogen) atoms. The number of hydrogen-bond donors (Lipinski definition) is 0. The van der Waals surface area contributed by atoms with Crippen LogP contribution in [0.3, 0.4) is 0 Å². The molecule has 0 N–H and O–H groups in total. The summed E-state index contributed by atoms with van der Waals surface area (Å²) in [7, 11) is 0. The number of aryl methyl sites for hydroxylation is 1. The Hall–Kier alpha value is -2.49. The number of carboxylic acids is 1. The third kappa shape index (κ3) is 3.01. The van der Waals surface area contributed by atoms with Gasteiger partial charge >= 0.3 is 0 Å². The Morgan fingerprint density at radius 1 is 0.889 bits per heavy atom. The number of nitrogens with zero attached hydrogens (tertiary/aromatic N) is 2. The molecule has 0 heterocycles. The zero-order chi connectivity index (χ0) is 13.0. The van der Waals surface area contributed by atoms with Crippen LogP contribution in [0.5, 0.6) is 0 Å². The summed E-state index contributed by atoms with van der Waals surface area (Å²) < 4.78 is 0. The summed E-state index contributed by atoms with van der Waals surface area (Å²) in [6, 6.07) is 13.7. The second kappa shape index (κ2) is 5.23. The highest BCUT2D eigenvalue weighted by Crippen LogP contribution is 2.18. The molecule has 0 aromatic heterocycles. The third-order valence-corrected chi connectivity index (χ3v) is 2.42. The number of carbonyl (C=O) groups is 1. The van der Waals surface area contributed by atoms with Crippen LogP contribution in [0.1, 0.15) is 15.9 Å². The Morgan fingerprint density at radius 2 is 1.33 bits per heavy atom. The molecule has 2 rings (SSSR count). The van der Waals surface area contributed by atoms with E-state index in [1.54, 1.807) is 12.1 Å². The molecule has 2 aromatic rings. The standard InChI is InChI=1S/C14H12N2O2/c1-10-2-6-12(7-3-10)15-16-13-8-4-11(5-9-13)14(17)18/h2-9H,1H3,(H,17,18)/p-1. The lowest BCUT2D eigenvalue weighted by Crippen LogP contribution is -2.21. The summed E-state index contributed by atoms with van der Waals surface area (Å²) in [4.78, 5) is 10.6. The first-order chi connectivity index (χ1) is 8.65. The lowest BCUT2D eigenvalue weighted by Gasteiger charge is -2.00. The summed E-state index contributed by atoms with van der Waals surface area (Å²) in [5.41, 5.74) is 2.64. The van der Waals surface area contributed by atoms with Crippen LogP contribution in [0.25, 0.3) is 0 Å². The van der Waals surface area contributed by atoms with Gasteiger partial charge in [-0.15, -0.1) is 0 Å². The smallest absolute Gasteiger partial charge is 0.0857 e. The SMILES string of the molecule is Cc1ccc(N=Nc2ccc(C(=O)[O-])cc2)cc1. The molecule has 0 fully saturated rings. The molecule has 0 atom stereocenters. The number of azo groups is 1. The van der Waals surface area contributed by atoms with Gasteiger partial charge in [-0.3, -0.25) is 0 Å². The minimum absolute atomic E-state index is 0.129. The summed E-state index contributed by atoms with van der Waals surface area (Å²) in [5.74, 6) is -1.20. The third-order valence-electron chi connectivity index (χ3n) is 2.42. The molecule has 0 bridgehead atoms. The van der Waals surface area contributed by atoms with Crippen molar-refractivity contribution in [2.24, 2.45) is 10.2 Å². The highest BCUT2D eigenvalue weighted by molar-refractivity contribution is 5.86. The van der Waals surface area contributed by atoms with Gasteiger partial charge in [0.1, 0.15) is 0 Å². The van der Waals surface area contributed by atoms with Crippen LogP contribution in [0.15, 0.2) is 58.8 Å². The van der Waals surface area contributed by atoms with E-state index >= 15 is 0 Å². The molecule has 90 valence electrons. The van der Waals surface area contributed by atoms with Gasteiger partial charge in [0.25, 0.3) is 0 Å². The van der Waals surface area contributed by atoms with Gasteiger partial charge in [0, 0.05) is 0 Å². The van der Waals surface area contributed by atoms with Crippen molar-refractivity contribution in [2.75, 3.05) is 0 Å². The van der Waals surface area contributed by atoms with Crippen LogP contribution in [-0.4, -0.2) is 5.97 Å². The van der Waals surface area contributed by atoms with Gasteiger partial charge < -0.3 is 9.90 Å². The number of carboxylic acid groups (broad SMARTS) is 1. The van der Waals surface area contributed by atoms with E-state index in [0.29, 0.717) is 5.69 Å². The zero-order valence-electron chi connectivity index (χ0n) is 9.83. The number of rotatable bonds is 3. The molecule has 0 aliphatic carbocycles. The molecule has 0 aliphatic rings. The van der Waals surface area contributed by atoms with Crippen LogP contribution in [-0.2, 0) is 0 Å². The van der Waals surface area contributed by atoms with Crippen molar-refractivity contribution >= 4 is 17.3 Å². The monoisotopic (exact) mass is 239 g/mol. The topological polar surface area (TPSA) is 64.8 Å².